The van der Waals surface area contributed by atoms with Crippen LogP contribution in [0, 0.1) is 5.92 Å². The maximum atomic E-state index is 12.6. The summed E-state index contributed by atoms with van der Waals surface area (Å²) >= 11 is 0. The standard InChI is InChI=1S/C17H25NO3/c1-4-21-15-9-7-14(8-10-15)18-16(19)17(20-3)11-5-6-13(2)12-17/h7-10,13H,4-6,11-12H2,1-3H3,(H,18,19)/t13-,17-/m0/s1. The van der Waals surface area contributed by atoms with E-state index in [0.29, 0.717) is 12.5 Å². The van der Waals surface area contributed by atoms with Gasteiger partial charge < -0.3 is 14.8 Å². The average molecular weight is 291 g/mol. The number of carbonyl (C=O) groups excluding carboxylic acids is 1. The molecule has 116 valence electrons. The first-order chi connectivity index (χ1) is 10.1. The molecule has 0 heterocycles. The number of ether oxygens (including phenoxy) is 2. The molecule has 4 nitrogen and oxygen atoms in total. The van der Waals surface area contributed by atoms with Gasteiger partial charge in [-0.1, -0.05) is 13.3 Å². The second kappa shape index (κ2) is 6.94. The third-order valence-electron chi connectivity index (χ3n) is 4.18. The van der Waals surface area contributed by atoms with Crippen molar-refractivity contribution in [2.24, 2.45) is 5.92 Å². The van der Waals surface area contributed by atoms with Gasteiger partial charge in [0.1, 0.15) is 11.4 Å². The number of benzene rings is 1. The van der Waals surface area contributed by atoms with Gasteiger partial charge in [-0.3, -0.25) is 4.79 Å². The van der Waals surface area contributed by atoms with Gasteiger partial charge in [0.2, 0.25) is 0 Å². The van der Waals surface area contributed by atoms with Crippen LogP contribution in [-0.2, 0) is 9.53 Å². The molecule has 0 spiro atoms. The van der Waals surface area contributed by atoms with Gasteiger partial charge >= 0.3 is 0 Å². The molecule has 0 aliphatic heterocycles. The van der Waals surface area contributed by atoms with Gasteiger partial charge in [0.05, 0.1) is 6.61 Å². The molecule has 0 radical (unpaired) electrons. The van der Waals surface area contributed by atoms with Crippen LogP contribution in [0.4, 0.5) is 5.69 Å². The molecular weight excluding hydrogens is 266 g/mol. The number of anilines is 1. The van der Waals surface area contributed by atoms with Crippen LogP contribution in [0.25, 0.3) is 0 Å². The molecule has 21 heavy (non-hydrogen) atoms. The summed E-state index contributed by atoms with van der Waals surface area (Å²) in [6.45, 7) is 4.76. The zero-order valence-electron chi connectivity index (χ0n) is 13.1. The Morgan fingerprint density at radius 3 is 2.67 bits per heavy atom. The highest BCUT2D eigenvalue weighted by Crippen LogP contribution is 2.35. The van der Waals surface area contributed by atoms with Crippen molar-refractivity contribution in [2.75, 3.05) is 19.0 Å². The largest absolute Gasteiger partial charge is 0.494 e. The molecule has 1 aromatic rings. The molecule has 1 aliphatic carbocycles. The molecule has 1 amide bonds. The van der Waals surface area contributed by atoms with Gasteiger partial charge in [0, 0.05) is 12.8 Å². The minimum atomic E-state index is -0.684. The molecule has 4 heteroatoms. The van der Waals surface area contributed by atoms with Crippen LogP contribution >= 0.6 is 0 Å². The number of rotatable bonds is 5. The van der Waals surface area contributed by atoms with Gasteiger partial charge in [-0.2, -0.15) is 0 Å². The summed E-state index contributed by atoms with van der Waals surface area (Å²) in [5.74, 6) is 1.29. The Bertz CT molecular complexity index is 471. The van der Waals surface area contributed by atoms with E-state index in [0.717, 1.165) is 30.7 Å². The molecule has 1 aromatic carbocycles. The van der Waals surface area contributed by atoms with E-state index in [1.54, 1.807) is 7.11 Å². The molecule has 0 bridgehead atoms. The van der Waals surface area contributed by atoms with E-state index in [9.17, 15) is 4.79 Å². The van der Waals surface area contributed by atoms with Crippen molar-refractivity contribution in [3.63, 3.8) is 0 Å². The second-order valence-corrected chi connectivity index (χ2v) is 5.81. The monoisotopic (exact) mass is 291 g/mol. The summed E-state index contributed by atoms with van der Waals surface area (Å²) in [6.07, 6.45) is 3.77. The fourth-order valence-electron chi connectivity index (χ4n) is 3.03. The van der Waals surface area contributed by atoms with E-state index in [1.165, 1.54) is 6.42 Å². The summed E-state index contributed by atoms with van der Waals surface area (Å²) in [5.41, 5.74) is 0.0918. The normalized spacial score (nSPS) is 25.4. The molecule has 1 N–H and O–H groups in total. The van der Waals surface area contributed by atoms with Crippen LogP contribution in [-0.4, -0.2) is 25.2 Å². The Kier molecular flexibility index (Phi) is 5.23. The van der Waals surface area contributed by atoms with Crippen LogP contribution in [0.1, 0.15) is 39.5 Å². The van der Waals surface area contributed by atoms with Gasteiger partial charge in [0.15, 0.2) is 0 Å². The third-order valence-corrected chi connectivity index (χ3v) is 4.18. The predicted molar refractivity (Wildman–Crippen MR) is 83.6 cm³/mol. The summed E-state index contributed by atoms with van der Waals surface area (Å²) in [7, 11) is 1.63. The maximum Gasteiger partial charge on any atom is 0.256 e. The van der Waals surface area contributed by atoms with Crippen LogP contribution < -0.4 is 10.1 Å². The van der Waals surface area contributed by atoms with Crippen molar-refractivity contribution in [3.05, 3.63) is 24.3 Å². The van der Waals surface area contributed by atoms with E-state index in [2.05, 4.69) is 12.2 Å². The molecule has 2 rings (SSSR count). The molecular formula is C17H25NO3. The SMILES string of the molecule is CCOc1ccc(NC(=O)[C@]2(OC)CCC[C@H](C)C2)cc1. The number of methoxy groups -OCH3 is 1. The van der Waals surface area contributed by atoms with Crippen molar-refractivity contribution in [1.82, 2.24) is 0 Å². The maximum absolute atomic E-state index is 12.6. The molecule has 1 aliphatic rings. The zero-order chi connectivity index (χ0) is 15.3. The highest BCUT2D eigenvalue weighted by molar-refractivity contribution is 5.97. The molecule has 1 saturated carbocycles. The molecule has 0 unspecified atom stereocenters. The summed E-state index contributed by atoms with van der Waals surface area (Å²) in [4.78, 5) is 12.6. The van der Waals surface area contributed by atoms with E-state index in [1.807, 2.05) is 31.2 Å². The first-order valence-electron chi connectivity index (χ1n) is 7.69. The van der Waals surface area contributed by atoms with Crippen LogP contribution in [0.2, 0.25) is 0 Å². The van der Waals surface area contributed by atoms with E-state index < -0.39 is 5.60 Å². The minimum Gasteiger partial charge on any atom is -0.494 e. The highest BCUT2D eigenvalue weighted by Gasteiger charge is 2.41. The number of nitrogens with one attached hydrogen (secondary N) is 1. The Morgan fingerprint density at radius 2 is 2.10 bits per heavy atom. The smallest absolute Gasteiger partial charge is 0.256 e. The van der Waals surface area contributed by atoms with Gasteiger partial charge in [0.25, 0.3) is 5.91 Å². The first-order valence-corrected chi connectivity index (χ1v) is 7.69. The Hall–Kier alpha value is -1.55. The quantitative estimate of drug-likeness (QED) is 0.901. The fourth-order valence-corrected chi connectivity index (χ4v) is 3.03. The number of carbonyl (C=O) groups is 1. The Balaban J connectivity index is 2.05. The predicted octanol–water partition coefficient (Wildman–Crippen LogP) is 3.62. The average Bonchev–Trinajstić information content (AvgIpc) is 2.49. The number of hydrogen-bond donors (Lipinski definition) is 1. The summed E-state index contributed by atoms with van der Waals surface area (Å²) in [5, 5.41) is 2.97. The van der Waals surface area contributed by atoms with E-state index in [-0.39, 0.29) is 5.91 Å². The second-order valence-electron chi connectivity index (χ2n) is 5.81. The lowest BCUT2D eigenvalue weighted by atomic mass is 9.78. The van der Waals surface area contributed by atoms with Crippen LogP contribution in [0.15, 0.2) is 24.3 Å². The summed E-state index contributed by atoms with van der Waals surface area (Å²) in [6, 6.07) is 7.45. The van der Waals surface area contributed by atoms with E-state index >= 15 is 0 Å². The minimum absolute atomic E-state index is 0.0410. The lowest BCUT2D eigenvalue weighted by molar-refractivity contribution is -0.143. The zero-order valence-corrected chi connectivity index (χ0v) is 13.1. The Labute approximate surface area is 126 Å². The number of amides is 1. The molecule has 1 fully saturated rings. The van der Waals surface area contributed by atoms with Crippen molar-refractivity contribution in [2.45, 2.75) is 45.1 Å². The lowest BCUT2D eigenvalue weighted by Gasteiger charge is -2.37. The van der Waals surface area contributed by atoms with Gasteiger partial charge in [-0.05, 0) is 56.4 Å². The molecule has 2 atom stereocenters. The van der Waals surface area contributed by atoms with Gasteiger partial charge in [-0.25, -0.2) is 0 Å². The Morgan fingerprint density at radius 1 is 1.38 bits per heavy atom. The summed E-state index contributed by atoms with van der Waals surface area (Å²) < 4.78 is 11.0. The van der Waals surface area contributed by atoms with Crippen molar-refractivity contribution in [1.29, 1.82) is 0 Å². The van der Waals surface area contributed by atoms with Crippen LogP contribution in [0.3, 0.4) is 0 Å². The molecule has 0 aromatic heterocycles. The van der Waals surface area contributed by atoms with E-state index in [4.69, 9.17) is 9.47 Å². The molecule has 0 saturated heterocycles. The van der Waals surface area contributed by atoms with Crippen molar-refractivity contribution < 1.29 is 14.3 Å². The van der Waals surface area contributed by atoms with Crippen molar-refractivity contribution in [3.8, 4) is 5.75 Å². The van der Waals surface area contributed by atoms with Crippen LogP contribution in [0.5, 0.6) is 5.75 Å². The first kappa shape index (κ1) is 15.8. The lowest BCUT2D eigenvalue weighted by Crippen LogP contribution is -2.47. The number of hydrogen-bond acceptors (Lipinski definition) is 3. The highest BCUT2D eigenvalue weighted by atomic mass is 16.5. The third kappa shape index (κ3) is 3.76. The van der Waals surface area contributed by atoms with Crippen molar-refractivity contribution >= 4 is 11.6 Å². The topological polar surface area (TPSA) is 47.6 Å². The fraction of sp³-hybridized carbons (Fsp3) is 0.588. The van der Waals surface area contributed by atoms with Gasteiger partial charge in [-0.15, -0.1) is 0 Å².